The highest BCUT2D eigenvalue weighted by Gasteiger charge is 2.36. The summed E-state index contributed by atoms with van der Waals surface area (Å²) in [5, 5.41) is 16.3. The van der Waals surface area contributed by atoms with E-state index in [1.165, 1.54) is 0 Å². The summed E-state index contributed by atoms with van der Waals surface area (Å²) in [5.41, 5.74) is 11.1. The quantitative estimate of drug-likeness (QED) is 0.402. The van der Waals surface area contributed by atoms with Crippen molar-refractivity contribution < 1.29 is 9.84 Å². The summed E-state index contributed by atoms with van der Waals surface area (Å²) < 4.78 is 5.41. The second-order valence-corrected chi connectivity index (χ2v) is 9.81. The van der Waals surface area contributed by atoms with Crippen LogP contribution in [0.2, 0.25) is 0 Å². The Balaban J connectivity index is 1.61. The molecule has 7 nitrogen and oxygen atoms in total. The minimum Gasteiger partial charge on any atom is -0.504 e. The van der Waals surface area contributed by atoms with Crippen LogP contribution in [0.1, 0.15) is 36.6 Å². The number of ether oxygens (including phenoxy) is 1. The third-order valence-corrected chi connectivity index (χ3v) is 7.08. The number of anilines is 2. The second kappa shape index (κ2) is 10.1. The van der Waals surface area contributed by atoms with Crippen LogP contribution in [0.25, 0.3) is 0 Å². The fourth-order valence-electron chi connectivity index (χ4n) is 4.98. The molecule has 0 aromatic heterocycles. The number of methoxy groups -OCH3 is 1. The summed E-state index contributed by atoms with van der Waals surface area (Å²) in [7, 11) is 5.63. The number of rotatable bonds is 5. The predicted molar refractivity (Wildman–Crippen MR) is 153 cm³/mol. The number of nitrogens with one attached hydrogen (secondary N) is 2. The molecule has 0 amide bonds. The summed E-state index contributed by atoms with van der Waals surface area (Å²) in [6.45, 7) is 2.02. The largest absolute Gasteiger partial charge is 0.504 e. The van der Waals surface area contributed by atoms with Crippen LogP contribution in [0.5, 0.6) is 11.5 Å². The molecule has 3 N–H and O–H groups in total. The maximum absolute atomic E-state index is 10.2. The van der Waals surface area contributed by atoms with Gasteiger partial charge in [0.25, 0.3) is 0 Å². The van der Waals surface area contributed by atoms with Gasteiger partial charge < -0.3 is 25.5 Å². The molecule has 3 aromatic carbocycles. The van der Waals surface area contributed by atoms with E-state index in [1.54, 1.807) is 13.2 Å². The zero-order valence-corrected chi connectivity index (χ0v) is 22.2. The molecule has 5 rings (SSSR count). The van der Waals surface area contributed by atoms with E-state index < -0.39 is 0 Å². The molecule has 2 unspecified atom stereocenters. The number of benzene rings is 3. The van der Waals surface area contributed by atoms with Crippen molar-refractivity contribution in [2.75, 3.05) is 31.1 Å². The average molecular weight is 514 g/mol. The minimum absolute atomic E-state index is 0.0298. The van der Waals surface area contributed by atoms with Gasteiger partial charge in [0.2, 0.25) is 0 Å². The molecule has 0 saturated carbocycles. The van der Waals surface area contributed by atoms with Crippen molar-refractivity contribution >= 4 is 34.4 Å². The first kappa shape index (κ1) is 24.6. The van der Waals surface area contributed by atoms with Gasteiger partial charge >= 0.3 is 0 Å². The van der Waals surface area contributed by atoms with Crippen LogP contribution < -0.4 is 25.4 Å². The van der Waals surface area contributed by atoms with E-state index in [1.807, 2.05) is 51.4 Å². The first-order valence-corrected chi connectivity index (χ1v) is 12.6. The van der Waals surface area contributed by atoms with E-state index in [0.717, 1.165) is 39.5 Å². The topological polar surface area (TPSA) is 72.4 Å². The molecule has 0 radical (unpaired) electrons. The molecule has 0 bridgehead atoms. The molecule has 0 spiro atoms. The van der Waals surface area contributed by atoms with Gasteiger partial charge in [-0.25, -0.2) is 4.99 Å². The fourth-order valence-corrected chi connectivity index (χ4v) is 5.24. The lowest BCUT2D eigenvalue weighted by molar-refractivity contribution is 0.372. The highest BCUT2D eigenvalue weighted by Crippen LogP contribution is 2.42. The monoisotopic (exact) mass is 513 g/mol. The molecule has 8 heteroatoms. The highest BCUT2D eigenvalue weighted by molar-refractivity contribution is 7.80. The Labute approximate surface area is 223 Å². The zero-order valence-electron chi connectivity index (χ0n) is 21.4. The second-order valence-electron chi connectivity index (χ2n) is 9.43. The van der Waals surface area contributed by atoms with Crippen molar-refractivity contribution in [2.24, 2.45) is 4.99 Å². The number of hydrazine groups is 1. The average Bonchev–Trinajstić information content (AvgIpc) is 3.34. The van der Waals surface area contributed by atoms with Crippen LogP contribution in [-0.2, 0) is 0 Å². The smallest absolute Gasteiger partial charge is 0.193 e. The summed E-state index contributed by atoms with van der Waals surface area (Å²) in [5.74, 6) is 0.573. The number of para-hydroxylation sites is 1. The van der Waals surface area contributed by atoms with Crippen molar-refractivity contribution in [3.05, 3.63) is 95.2 Å². The van der Waals surface area contributed by atoms with E-state index in [9.17, 15) is 5.11 Å². The van der Waals surface area contributed by atoms with Gasteiger partial charge in [0, 0.05) is 43.2 Å². The van der Waals surface area contributed by atoms with Crippen molar-refractivity contribution in [3.8, 4) is 11.5 Å². The molecule has 2 aliphatic heterocycles. The Kier molecular flexibility index (Phi) is 6.76. The van der Waals surface area contributed by atoms with Crippen LogP contribution in [0.15, 0.2) is 89.1 Å². The highest BCUT2D eigenvalue weighted by atomic mass is 32.1. The SMILES string of the molecule is COc1cc(C2C/C(=C3\C(C)=NC(=S)NC3c3ccc(N(C)C)cc3)NN2c2ccccc2)ccc1O. The number of aromatic hydroxyl groups is 1. The normalized spacial score (nSPS) is 21.2. The van der Waals surface area contributed by atoms with Crippen LogP contribution in [0.4, 0.5) is 11.4 Å². The molecule has 2 atom stereocenters. The van der Waals surface area contributed by atoms with Gasteiger partial charge in [-0.15, -0.1) is 0 Å². The first-order valence-electron chi connectivity index (χ1n) is 12.2. The third-order valence-electron chi connectivity index (χ3n) is 6.87. The van der Waals surface area contributed by atoms with E-state index >= 15 is 0 Å². The molecule has 2 aliphatic rings. The number of phenols is 1. The molecule has 37 heavy (non-hydrogen) atoms. The standard InChI is InChI=1S/C29H31N5O2S/c1-18-27(28(31-29(37)30-18)19-10-13-21(14-11-19)33(2)3)23-17-24(20-12-15-25(35)26(16-20)36-4)34(32-23)22-8-6-5-7-9-22/h5-16,24,28,32,35H,17H2,1-4H3,(H,31,37)/b27-23-. The van der Waals surface area contributed by atoms with E-state index in [0.29, 0.717) is 17.3 Å². The fraction of sp³-hybridized carbons (Fsp3) is 0.241. The van der Waals surface area contributed by atoms with Crippen LogP contribution in [0, 0.1) is 0 Å². The molecule has 1 saturated heterocycles. The maximum Gasteiger partial charge on any atom is 0.193 e. The molecule has 2 heterocycles. The number of phenolic OH excluding ortho intramolecular Hbond substituents is 1. The predicted octanol–water partition coefficient (Wildman–Crippen LogP) is 5.27. The third kappa shape index (κ3) is 4.84. The van der Waals surface area contributed by atoms with Gasteiger partial charge in [-0.3, -0.25) is 5.01 Å². The van der Waals surface area contributed by atoms with Gasteiger partial charge in [-0.1, -0.05) is 36.4 Å². The lowest BCUT2D eigenvalue weighted by atomic mass is 9.90. The lowest BCUT2D eigenvalue weighted by Crippen LogP contribution is -2.38. The van der Waals surface area contributed by atoms with Crippen molar-refractivity contribution in [1.29, 1.82) is 0 Å². The molecular formula is C29H31N5O2S. The van der Waals surface area contributed by atoms with E-state index in [2.05, 4.69) is 62.0 Å². The Morgan fingerprint density at radius 2 is 1.73 bits per heavy atom. The van der Waals surface area contributed by atoms with Gasteiger partial charge in [0.15, 0.2) is 16.6 Å². The van der Waals surface area contributed by atoms with Gasteiger partial charge in [0.05, 0.1) is 24.9 Å². The Morgan fingerprint density at radius 1 is 1.03 bits per heavy atom. The molecule has 190 valence electrons. The first-order chi connectivity index (χ1) is 17.9. The van der Waals surface area contributed by atoms with Crippen molar-refractivity contribution in [3.63, 3.8) is 0 Å². The van der Waals surface area contributed by atoms with Gasteiger partial charge in [0.1, 0.15) is 0 Å². The number of hydrogen-bond donors (Lipinski definition) is 3. The lowest BCUT2D eigenvalue weighted by Gasteiger charge is -2.30. The Hall–Kier alpha value is -4.04. The molecule has 1 fully saturated rings. The minimum atomic E-state index is -0.130. The van der Waals surface area contributed by atoms with Gasteiger partial charge in [-0.2, -0.15) is 0 Å². The molecule has 0 aliphatic carbocycles. The van der Waals surface area contributed by atoms with E-state index in [-0.39, 0.29) is 17.8 Å². The summed E-state index contributed by atoms with van der Waals surface area (Å²) in [4.78, 5) is 6.71. The Morgan fingerprint density at radius 3 is 2.41 bits per heavy atom. The Bertz CT molecular complexity index is 1370. The van der Waals surface area contributed by atoms with Gasteiger partial charge in [-0.05, 0) is 66.7 Å². The van der Waals surface area contributed by atoms with Crippen molar-refractivity contribution in [1.82, 2.24) is 10.7 Å². The number of hydrogen-bond acceptors (Lipinski definition) is 6. The maximum atomic E-state index is 10.2. The number of nitrogens with zero attached hydrogens (tertiary/aromatic N) is 3. The number of aliphatic imine (C=N–C) groups is 1. The summed E-state index contributed by atoms with van der Waals surface area (Å²) in [6.07, 6.45) is 0.714. The molecular weight excluding hydrogens is 482 g/mol. The van der Waals surface area contributed by atoms with Crippen LogP contribution >= 0.6 is 12.2 Å². The van der Waals surface area contributed by atoms with E-state index in [4.69, 9.17) is 17.0 Å². The van der Waals surface area contributed by atoms with Crippen LogP contribution in [-0.4, -0.2) is 37.1 Å². The zero-order chi connectivity index (χ0) is 26.1. The van der Waals surface area contributed by atoms with Crippen LogP contribution in [0.3, 0.4) is 0 Å². The molecule has 3 aromatic rings. The summed E-state index contributed by atoms with van der Waals surface area (Å²) >= 11 is 5.50. The van der Waals surface area contributed by atoms with Crippen molar-refractivity contribution in [2.45, 2.75) is 25.4 Å². The number of thiocarbonyl (C=S) groups is 1. The summed E-state index contributed by atoms with van der Waals surface area (Å²) in [6, 6.07) is 24.1.